The van der Waals surface area contributed by atoms with Crippen molar-refractivity contribution in [3.05, 3.63) is 35.0 Å². The minimum absolute atomic E-state index is 0.0146. The Morgan fingerprint density at radius 3 is 2.79 bits per heavy atom. The molecule has 1 amide bonds. The van der Waals surface area contributed by atoms with Gasteiger partial charge in [0.15, 0.2) is 5.76 Å². The van der Waals surface area contributed by atoms with Crippen molar-refractivity contribution < 1.29 is 9.21 Å². The van der Waals surface area contributed by atoms with Crippen LogP contribution in [0.5, 0.6) is 0 Å². The monoisotopic (exact) mass is 277 g/mol. The van der Waals surface area contributed by atoms with E-state index in [0.29, 0.717) is 22.3 Å². The molecule has 0 spiro atoms. The van der Waals surface area contributed by atoms with Crippen molar-refractivity contribution >= 4 is 28.5 Å². The molecule has 19 heavy (non-hydrogen) atoms. The van der Waals surface area contributed by atoms with Gasteiger partial charge in [-0.15, -0.1) is 0 Å². The third kappa shape index (κ3) is 2.47. The summed E-state index contributed by atoms with van der Waals surface area (Å²) in [5.41, 5.74) is 0.707. The minimum atomic E-state index is -0.0146. The second kappa shape index (κ2) is 4.89. The number of likely N-dealkylation sites (tertiary alicyclic amines) is 1. The predicted octanol–water partition coefficient (Wildman–Crippen LogP) is 3.96. The van der Waals surface area contributed by atoms with Crippen LogP contribution >= 0.6 is 11.6 Å². The third-order valence-corrected chi connectivity index (χ3v) is 4.00. The number of carbonyl (C=O) groups excluding carboxylic acids is 1. The van der Waals surface area contributed by atoms with Crippen LogP contribution in [0.3, 0.4) is 0 Å². The number of furan rings is 1. The van der Waals surface area contributed by atoms with Crippen molar-refractivity contribution in [3.63, 3.8) is 0 Å². The highest BCUT2D eigenvalue weighted by molar-refractivity contribution is 6.31. The summed E-state index contributed by atoms with van der Waals surface area (Å²) in [7, 11) is 0. The second-order valence-corrected chi connectivity index (χ2v) is 5.70. The molecule has 0 atom stereocenters. The van der Waals surface area contributed by atoms with Crippen LogP contribution in [0, 0.1) is 5.92 Å². The molecule has 100 valence electrons. The third-order valence-electron chi connectivity index (χ3n) is 3.76. The summed E-state index contributed by atoms with van der Waals surface area (Å²) in [6.45, 7) is 3.86. The first-order valence-corrected chi connectivity index (χ1v) is 6.99. The second-order valence-electron chi connectivity index (χ2n) is 5.27. The first-order chi connectivity index (χ1) is 9.13. The van der Waals surface area contributed by atoms with Gasteiger partial charge in [0.1, 0.15) is 5.58 Å². The van der Waals surface area contributed by atoms with Crippen molar-refractivity contribution in [2.45, 2.75) is 19.8 Å². The summed E-state index contributed by atoms with van der Waals surface area (Å²) in [6, 6.07) is 7.16. The van der Waals surface area contributed by atoms with E-state index in [1.807, 2.05) is 11.0 Å². The lowest BCUT2D eigenvalue weighted by molar-refractivity contribution is 0.0667. The molecular formula is C15H16ClNO2. The van der Waals surface area contributed by atoms with E-state index in [-0.39, 0.29) is 5.91 Å². The average Bonchev–Trinajstić information content (AvgIpc) is 2.81. The summed E-state index contributed by atoms with van der Waals surface area (Å²) in [5.74, 6) is 1.10. The maximum absolute atomic E-state index is 12.4. The molecule has 2 aromatic rings. The van der Waals surface area contributed by atoms with Crippen LogP contribution in [-0.4, -0.2) is 23.9 Å². The number of piperidine rings is 1. The average molecular weight is 278 g/mol. The molecule has 0 unspecified atom stereocenters. The van der Waals surface area contributed by atoms with Crippen molar-refractivity contribution in [2.24, 2.45) is 5.92 Å². The molecule has 0 N–H and O–H groups in total. The van der Waals surface area contributed by atoms with Gasteiger partial charge in [-0.25, -0.2) is 0 Å². The number of hydrogen-bond acceptors (Lipinski definition) is 2. The molecule has 0 saturated carbocycles. The van der Waals surface area contributed by atoms with Crippen LogP contribution in [0.4, 0.5) is 0 Å². The topological polar surface area (TPSA) is 33.5 Å². The lowest BCUT2D eigenvalue weighted by Gasteiger charge is -2.29. The van der Waals surface area contributed by atoms with E-state index in [0.717, 1.165) is 31.3 Å². The molecule has 1 aliphatic heterocycles. The van der Waals surface area contributed by atoms with Crippen LogP contribution in [0.1, 0.15) is 30.3 Å². The molecule has 0 aliphatic carbocycles. The molecule has 0 bridgehead atoms. The molecule has 2 heterocycles. The van der Waals surface area contributed by atoms with Gasteiger partial charge in [0.05, 0.1) is 0 Å². The van der Waals surface area contributed by atoms with Gasteiger partial charge in [0.25, 0.3) is 5.91 Å². The van der Waals surface area contributed by atoms with E-state index in [1.165, 1.54) is 0 Å². The maximum atomic E-state index is 12.4. The molecular weight excluding hydrogens is 262 g/mol. The van der Waals surface area contributed by atoms with E-state index in [2.05, 4.69) is 6.92 Å². The Bertz CT molecular complexity index is 612. The Hall–Kier alpha value is -1.48. The van der Waals surface area contributed by atoms with Crippen LogP contribution in [0.2, 0.25) is 5.02 Å². The molecule has 1 saturated heterocycles. The highest BCUT2D eigenvalue weighted by Gasteiger charge is 2.23. The van der Waals surface area contributed by atoms with Crippen molar-refractivity contribution in [2.75, 3.05) is 13.1 Å². The number of amides is 1. The Kier molecular flexibility index (Phi) is 3.23. The number of benzene rings is 1. The Balaban J connectivity index is 1.85. The Morgan fingerprint density at radius 1 is 1.32 bits per heavy atom. The summed E-state index contributed by atoms with van der Waals surface area (Å²) in [5, 5.41) is 1.53. The minimum Gasteiger partial charge on any atom is -0.451 e. The van der Waals surface area contributed by atoms with Crippen LogP contribution in [-0.2, 0) is 0 Å². The van der Waals surface area contributed by atoms with E-state index >= 15 is 0 Å². The van der Waals surface area contributed by atoms with Crippen molar-refractivity contribution in [3.8, 4) is 0 Å². The zero-order valence-electron chi connectivity index (χ0n) is 10.9. The normalized spacial score (nSPS) is 17.1. The van der Waals surface area contributed by atoms with Gasteiger partial charge in [-0.3, -0.25) is 4.79 Å². The molecule has 1 aromatic carbocycles. The SMILES string of the molecule is CC1CCN(C(=O)c2cc3cc(Cl)ccc3o2)CC1. The van der Waals surface area contributed by atoms with E-state index < -0.39 is 0 Å². The Labute approximate surface area is 117 Å². The fraction of sp³-hybridized carbons (Fsp3) is 0.400. The fourth-order valence-corrected chi connectivity index (χ4v) is 2.67. The maximum Gasteiger partial charge on any atom is 0.289 e. The van der Waals surface area contributed by atoms with Gasteiger partial charge >= 0.3 is 0 Å². The fourth-order valence-electron chi connectivity index (χ4n) is 2.49. The number of carbonyl (C=O) groups is 1. The molecule has 3 rings (SSSR count). The zero-order chi connectivity index (χ0) is 13.4. The van der Waals surface area contributed by atoms with E-state index in [4.69, 9.17) is 16.0 Å². The van der Waals surface area contributed by atoms with Gasteiger partial charge in [-0.1, -0.05) is 18.5 Å². The standard InChI is InChI=1S/C15H16ClNO2/c1-10-4-6-17(7-5-10)15(18)14-9-11-8-12(16)2-3-13(11)19-14/h2-3,8-10H,4-7H2,1H3. The summed E-state index contributed by atoms with van der Waals surface area (Å²) < 4.78 is 5.62. The Morgan fingerprint density at radius 2 is 2.05 bits per heavy atom. The zero-order valence-corrected chi connectivity index (χ0v) is 11.6. The smallest absolute Gasteiger partial charge is 0.289 e. The first kappa shape index (κ1) is 12.5. The first-order valence-electron chi connectivity index (χ1n) is 6.62. The summed E-state index contributed by atoms with van der Waals surface area (Å²) in [6.07, 6.45) is 2.13. The largest absolute Gasteiger partial charge is 0.451 e. The summed E-state index contributed by atoms with van der Waals surface area (Å²) in [4.78, 5) is 14.2. The summed E-state index contributed by atoms with van der Waals surface area (Å²) >= 11 is 5.94. The molecule has 1 aromatic heterocycles. The number of halogens is 1. The highest BCUT2D eigenvalue weighted by Crippen LogP contribution is 2.25. The van der Waals surface area contributed by atoms with Crippen molar-refractivity contribution in [1.29, 1.82) is 0 Å². The number of hydrogen-bond donors (Lipinski definition) is 0. The van der Waals surface area contributed by atoms with E-state index in [9.17, 15) is 4.79 Å². The van der Waals surface area contributed by atoms with Gasteiger partial charge in [-0.2, -0.15) is 0 Å². The quantitative estimate of drug-likeness (QED) is 0.790. The van der Waals surface area contributed by atoms with Crippen LogP contribution in [0.15, 0.2) is 28.7 Å². The van der Waals surface area contributed by atoms with Crippen LogP contribution < -0.4 is 0 Å². The van der Waals surface area contributed by atoms with Crippen LogP contribution in [0.25, 0.3) is 11.0 Å². The highest BCUT2D eigenvalue weighted by atomic mass is 35.5. The number of fused-ring (bicyclic) bond motifs is 1. The van der Waals surface area contributed by atoms with Crippen molar-refractivity contribution in [1.82, 2.24) is 4.90 Å². The lowest BCUT2D eigenvalue weighted by atomic mass is 9.99. The molecule has 3 nitrogen and oxygen atoms in total. The number of rotatable bonds is 1. The molecule has 1 fully saturated rings. The van der Waals surface area contributed by atoms with Gasteiger partial charge < -0.3 is 9.32 Å². The molecule has 0 radical (unpaired) electrons. The lowest BCUT2D eigenvalue weighted by Crippen LogP contribution is -2.37. The molecule has 4 heteroatoms. The molecule has 1 aliphatic rings. The van der Waals surface area contributed by atoms with Gasteiger partial charge in [0, 0.05) is 23.5 Å². The van der Waals surface area contributed by atoms with Gasteiger partial charge in [0.2, 0.25) is 0 Å². The van der Waals surface area contributed by atoms with Gasteiger partial charge in [-0.05, 0) is 43.0 Å². The number of nitrogens with zero attached hydrogens (tertiary/aromatic N) is 1. The predicted molar refractivity (Wildman–Crippen MR) is 75.5 cm³/mol. The van der Waals surface area contributed by atoms with E-state index in [1.54, 1.807) is 18.2 Å².